The van der Waals surface area contributed by atoms with Crippen LogP contribution in [-0.4, -0.2) is 15.4 Å². The number of nitrogens with zero attached hydrogens (tertiary/aromatic N) is 3. The summed E-state index contributed by atoms with van der Waals surface area (Å²) in [6.07, 6.45) is 1.04. The molecular formula is C17H14N4. The minimum Gasteiger partial charge on any atom is -0.196 e. The molecule has 0 aliphatic heterocycles. The summed E-state index contributed by atoms with van der Waals surface area (Å²) in [4.78, 5) is 0. The molecule has 0 fully saturated rings. The smallest absolute Gasteiger partial charge is 0.190 e. The number of H-pyrrole nitrogens is 1. The molecular weight excluding hydrogens is 260 g/mol. The number of aryl methyl sites for hydroxylation is 1. The fraction of sp³-hybridized carbons (Fsp3) is 0.118. The number of nitriles is 1. The highest BCUT2D eigenvalue weighted by atomic mass is 15.3. The normalized spacial score (nSPS) is 10.3. The summed E-state index contributed by atoms with van der Waals surface area (Å²) >= 11 is 0. The number of aromatic amines is 1. The molecule has 0 unspecified atom stereocenters. The lowest BCUT2D eigenvalue weighted by Gasteiger charge is -2.04. The molecule has 4 heteroatoms. The first-order chi connectivity index (χ1) is 10.3. The molecule has 0 aliphatic rings. The molecule has 1 N–H and O–H groups in total. The zero-order chi connectivity index (χ0) is 14.7. The highest BCUT2D eigenvalue weighted by Gasteiger charge is 2.09. The Kier molecular flexibility index (Phi) is 3.48. The number of nitrogens with one attached hydrogen (secondary N) is 1. The van der Waals surface area contributed by atoms with Crippen molar-refractivity contribution in [2.24, 2.45) is 0 Å². The van der Waals surface area contributed by atoms with Gasteiger partial charge in [0, 0.05) is 5.56 Å². The molecule has 0 aliphatic carbocycles. The van der Waals surface area contributed by atoms with Crippen molar-refractivity contribution in [2.75, 3.05) is 0 Å². The number of benzene rings is 2. The Morgan fingerprint density at radius 3 is 2.05 bits per heavy atom. The predicted molar refractivity (Wildman–Crippen MR) is 81.3 cm³/mol. The highest BCUT2D eigenvalue weighted by Crippen LogP contribution is 2.25. The summed E-state index contributed by atoms with van der Waals surface area (Å²) in [5, 5.41) is 19.3. The number of hydrogen-bond donors (Lipinski definition) is 1. The van der Waals surface area contributed by atoms with Crippen molar-refractivity contribution >= 4 is 0 Å². The molecule has 3 rings (SSSR count). The number of aromatic nitrogens is 3. The van der Waals surface area contributed by atoms with E-state index < -0.39 is 0 Å². The van der Waals surface area contributed by atoms with Gasteiger partial charge in [0.05, 0.1) is 0 Å². The molecule has 21 heavy (non-hydrogen) atoms. The monoisotopic (exact) mass is 274 g/mol. The minimum atomic E-state index is 0.315. The average molecular weight is 274 g/mol. The first-order valence-electron chi connectivity index (χ1n) is 6.82. The van der Waals surface area contributed by atoms with Crippen molar-refractivity contribution in [2.45, 2.75) is 13.3 Å². The Hall–Kier alpha value is -2.93. The van der Waals surface area contributed by atoms with Crippen molar-refractivity contribution < 1.29 is 0 Å². The van der Waals surface area contributed by atoms with Crippen LogP contribution in [0.15, 0.2) is 48.5 Å². The quantitative estimate of drug-likeness (QED) is 0.794. The second-order valence-electron chi connectivity index (χ2n) is 4.76. The minimum absolute atomic E-state index is 0.315. The van der Waals surface area contributed by atoms with E-state index in [1.807, 2.05) is 30.3 Å². The first-order valence-corrected chi connectivity index (χ1v) is 6.82. The third kappa shape index (κ3) is 2.54. The Morgan fingerprint density at radius 1 is 0.905 bits per heavy atom. The fourth-order valence-electron chi connectivity index (χ4n) is 2.26. The first kappa shape index (κ1) is 13.1. The lowest BCUT2D eigenvalue weighted by Crippen LogP contribution is -1.84. The Labute approximate surface area is 123 Å². The van der Waals surface area contributed by atoms with Crippen LogP contribution in [0.4, 0.5) is 0 Å². The van der Waals surface area contributed by atoms with Crippen molar-refractivity contribution in [3.8, 4) is 28.5 Å². The van der Waals surface area contributed by atoms with Crippen LogP contribution in [0.25, 0.3) is 22.4 Å². The topological polar surface area (TPSA) is 65.4 Å². The van der Waals surface area contributed by atoms with Crippen LogP contribution in [0.1, 0.15) is 18.2 Å². The summed E-state index contributed by atoms with van der Waals surface area (Å²) in [7, 11) is 0. The summed E-state index contributed by atoms with van der Waals surface area (Å²) in [5.74, 6) is 0. The zero-order valence-corrected chi connectivity index (χ0v) is 11.7. The van der Waals surface area contributed by atoms with Crippen molar-refractivity contribution in [1.29, 1.82) is 5.26 Å². The second kappa shape index (κ2) is 5.59. The van der Waals surface area contributed by atoms with Gasteiger partial charge in [0.2, 0.25) is 0 Å². The second-order valence-corrected chi connectivity index (χ2v) is 4.76. The maximum absolute atomic E-state index is 8.98. The van der Waals surface area contributed by atoms with E-state index in [0.29, 0.717) is 11.4 Å². The van der Waals surface area contributed by atoms with E-state index in [9.17, 15) is 0 Å². The predicted octanol–water partition coefficient (Wildman–Crippen LogP) is 3.57. The van der Waals surface area contributed by atoms with Crippen LogP contribution in [0.3, 0.4) is 0 Å². The van der Waals surface area contributed by atoms with Gasteiger partial charge in [-0.1, -0.05) is 55.5 Å². The Balaban J connectivity index is 1.92. The van der Waals surface area contributed by atoms with Gasteiger partial charge in [0.1, 0.15) is 11.8 Å². The van der Waals surface area contributed by atoms with Gasteiger partial charge in [-0.05, 0) is 23.1 Å². The number of hydrogen-bond acceptors (Lipinski definition) is 3. The third-order valence-corrected chi connectivity index (χ3v) is 3.51. The van der Waals surface area contributed by atoms with E-state index in [0.717, 1.165) is 17.5 Å². The molecule has 1 heterocycles. The van der Waals surface area contributed by atoms with Crippen LogP contribution in [0.2, 0.25) is 0 Å². The van der Waals surface area contributed by atoms with Crippen LogP contribution in [-0.2, 0) is 6.42 Å². The molecule has 0 amide bonds. The fourth-order valence-corrected chi connectivity index (χ4v) is 2.26. The summed E-state index contributed by atoms with van der Waals surface area (Å²) in [5.41, 5.74) is 5.44. The van der Waals surface area contributed by atoms with Gasteiger partial charge in [0.25, 0.3) is 0 Å². The Morgan fingerprint density at radius 2 is 1.48 bits per heavy atom. The molecule has 4 nitrogen and oxygen atoms in total. The molecule has 0 saturated carbocycles. The van der Waals surface area contributed by atoms with E-state index >= 15 is 0 Å². The third-order valence-electron chi connectivity index (χ3n) is 3.51. The van der Waals surface area contributed by atoms with Crippen molar-refractivity contribution in [3.63, 3.8) is 0 Å². The average Bonchev–Trinajstić information content (AvgIpc) is 3.04. The molecule has 2 aromatic carbocycles. The summed E-state index contributed by atoms with van der Waals surface area (Å²) in [6, 6.07) is 18.6. The van der Waals surface area contributed by atoms with E-state index in [1.54, 1.807) is 0 Å². The molecule has 0 saturated heterocycles. The molecule has 102 valence electrons. The zero-order valence-electron chi connectivity index (χ0n) is 11.7. The number of rotatable bonds is 3. The van der Waals surface area contributed by atoms with E-state index in [4.69, 9.17) is 5.26 Å². The molecule has 0 radical (unpaired) electrons. The Bertz CT molecular complexity index is 777. The van der Waals surface area contributed by atoms with Gasteiger partial charge in [-0.3, -0.25) is 0 Å². The summed E-state index contributed by atoms with van der Waals surface area (Å²) in [6.45, 7) is 2.15. The van der Waals surface area contributed by atoms with Crippen LogP contribution >= 0.6 is 0 Å². The molecule has 0 spiro atoms. The van der Waals surface area contributed by atoms with Gasteiger partial charge < -0.3 is 0 Å². The largest absolute Gasteiger partial charge is 0.196 e. The van der Waals surface area contributed by atoms with Gasteiger partial charge in [-0.2, -0.15) is 15.6 Å². The van der Waals surface area contributed by atoms with Gasteiger partial charge >= 0.3 is 0 Å². The van der Waals surface area contributed by atoms with Gasteiger partial charge in [-0.15, -0.1) is 5.10 Å². The highest BCUT2D eigenvalue weighted by molar-refractivity contribution is 5.70. The molecule has 1 aromatic heterocycles. The summed E-state index contributed by atoms with van der Waals surface area (Å²) < 4.78 is 0. The maximum atomic E-state index is 8.98. The molecule has 0 bridgehead atoms. The van der Waals surface area contributed by atoms with Crippen LogP contribution in [0.5, 0.6) is 0 Å². The molecule has 3 aromatic rings. The van der Waals surface area contributed by atoms with Crippen molar-refractivity contribution in [3.05, 3.63) is 59.8 Å². The molecule has 0 atom stereocenters. The van der Waals surface area contributed by atoms with Crippen molar-refractivity contribution in [1.82, 2.24) is 15.4 Å². The maximum Gasteiger partial charge on any atom is 0.190 e. The van der Waals surface area contributed by atoms with Gasteiger partial charge in [-0.25, -0.2) is 0 Å². The van der Waals surface area contributed by atoms with Crippen LogP contribution < -0.4 is 0 Å². The standard InChI is InChI=1S/C17H14N4/c1-2-12-3-5-13(6-4-12)14-7-9-15(10-8-14)17-16(11-18)19-21-20-17/h3-10H,2H2,1H3,(H,19,20,21). The van der Waals surface area contributed by atoms with Gasteiger partial charge in [0.15, 0.2) is 5.69 Å². The van der Waals surface area contributed by atoms with E-state index in [-0.39, 0.29) is 0 Å². The van der Waals surface area contributed by atoms with E-state index in [2.05, 4.69) is 46.6 Å². The van der Waals surface area contributed by atoms with Crippen LogP contribution in [0, 0.1) is 11.3 Å². The lowest BCUT2D eigenvalue weighted by atomic mass is 10.0. The SMILES string of the molecule is CCc1ccc(-c2ccc(-c3n[nH]nc3C#N)cc2)cc1. The lowest BCUT2D eigenvalue weighted by molar-refractivity contribution is 0.937. The van der Waals surface area contributed by atoms with E-state index in [1.165, 1.54) is 11.1 Å².